The van der Waals surface area contributed by atoms with Gasteiger partial charge in [-0.3, -0.25) is 0 Å². The fraction of sp³-hybridized carbons (Fsp3) is 0.333. The lowest BCUT2D eigenvalue weighted by Crippen LogP contribution is -2.01. The van der Waals surface area contributed by atoms with E-state index in [2.05, 4.69) is 35.1 Å². The Hall–Kier alpha value is -1.90. The third kappa shape index (κ3) is 2.08. The number of hydrogen-bond donors (Lipinski definition) is 1. The first-order chi connectivity index (χ1) is 8.78. The Kier molecular flexibility index (Phi) is 2.74. The zero-order valence-electron chi connectivity index (χ0n) is 10.6. The van der Waals surface area contributed by atoms with Crippen molar-refractivity contribution < 1.29 is 0 Å². The van der Waals surface area contributed by atoms with Crippen LogP contribution in [0, 0.1) is 0 Å². The van der Waals surface area contributed by atoms with Crippen molar-refractivity contribution in [3.63, 3.8) is 0 Å². The van der Waals surface area contributed by atoms with E-state index in [4.69, 9.17) is 5.73 Å². The first-order valence-electron chi connectivity index (χ1n) is 6.50. The van der Waals surface area contributed by atoms with Crippen molar-refractivity contribution >= 4 is 5.82 Å². The fourth-order valence-corrected chi connectivity index (χ4v) is 2.27. The molecule has 18 heavy (non-hydrogen) atoms. The number of nitrogens with two attached hydrogens (primary N) is 1. The second-order valence-corrected chi connectivity index (χ2v) is 4.82. The van der Waals surface area contributed by atoms with E-state index in [1.54, 1.807) is 0 Å². The highest BCUT2D eigenvalue weighted by atomic mass is 14.9. The predicted octanol–water partition coefficient (Wildman–Crippen LogP) is 3.17. The lowest BCUT2D eigenvalue weighted by Gasteiger charge is -2.09. The van der Waals surface area contributed by atoms with Gasteiger partial charge in [-0.05, 0) is 30.7 Å². The molecule has 3 nitrogen and oxygen atoms in total. The number of aryl methyl sites for hydroxylation is 1. The van der Waals surface area contributed by atoms with Gasteiger partial charge in [0, 0.05) is 17.3 Å². The van der Waals surface area contributed by atoms with Gasteiger partial charge in [0.1, 0.15) is 5.82 Å². The van der Waals surface area contributed by atoms with Gasteiger partial charge in [-0.1, -0.05) is 31.2 Å². The van der Waals surface area contributed by atoms with Crippen molar-refractivity contribution in [2.45, 2.75) is 32.1 Å². The molecule has 0 unspecified atom stereocenters. The van der Waals surface area contributed by atoms with Gasteiger partial charge in [0.2, 0.25) is 0 Å². The van der Waals surface area contributed by atoms with Crippen molar-refractivity contribution in [2.75, 3.05) is 5.73 Å². The third-order valence-corrected chi connectivity index (χ3v) is 3.38. The molecule has 0 amide bonds. The van der Waals surface area contributed by atoms with Crippen LogP contribution in [0.1, 0.15) is 36.9 Å². The molecular formula is C15H17N3. The molecule has 1 aromatic heterocycles. The molecule has 1 saturated carbocycles. The van der Waals surface area contributed by atoms with E-state index >= 15 is 0 Å². The van der Waals surface area contributed by atoms with E-state index in [-0.39, 0.29) is 0 Å². The van der Waals surface area contributed by atoms with Gasteiger partial charge in [-0.15, -0.1) is 0 Å². The van der Waals surface area contributed by atoms with Crippen molar-refractivity contribution in [1.29, 1.82) is 0 Å². The van der Waals surface area contributed by atoms with Crippen LogP contribution in [-0.4, -0.2) is 9.97 Å². The molecule has 3 heteroatoms. The van der Waals surface area contributed by atoms with Crippen molar-refractivity contribution in [2.24, 2.45) is 0 Å². The summed E-state index contributed by atoms with van der Waals surface area (Å²) in [5.41, 5.74) is 9.37. The highest BCUT2D eigenvalue weighted by Gasteiger charge is 2.26. The Morgan fingerprint density at radius 3 is 2.72 bits per heavy atom. The van der Waals surface area contributed by atoms with Gasteiger partial charge in [0.05, 0.1) is 0 Å². The first-order valence-corrected chi connectivity index (χ1v) is 6.50. The van der Waals surface area contributed by atoms with E-state index in [0.29, 0.717) is 11.7 Å². The summed E-state index contributed by atoms with van der Waals surface area (Å²) < 4.78 is 0. The zero-order chi connectivity index (χ0) is 12.5. The summed E-state index contributed by atoms with van der Waals surface area (Å²) in [5, 5.41) is 0. The van der Waals surface area contributed by atoms with Crippen molar-refractivity contribution in [3.8, 4) is 11.4 Å². The molecular weight excluding hydrogens is 222 g/mol. The molecule has 2 N–H and O–H groups in total. The molecule has 92 valence electrons. The molecule has 0 atom stereocenters. The SMILES string of the molecule is CCc1cc(N)nc(-c2ccccc2C2CC2)n1. The normalized spacial score (nSPS) is 14.7. The quantitative estimate of drug-likeness (QED) is 0.895. The molecule has 0 aliphatic heterocycles. The van der Waals surface area contributed by atoms with E-state index in [0.717, 1.165) is 23.5 Å². The predicted molar refractivity (Wildman–Crippen MR) is 73.2 cm³/mol. The summed E-state index contributed by atoms with van der Waals surface area (Å²) in [6, 6.07) is 10.3. The van der Waals surface area contributed by atoms with Crippen LogP contribution in [0.3, 0.4) is 0 Å². The summed E-state index contributed by atoms with van der Waals surface area (Å²) in [6.45, 7) is 2.08. The van der Waals surface area contributed by atoms with Gasteiger partial charge in [0.25, 0.3) is 0 Å². The Morgan fingerprint density at radius 1 is 1.22 bits per heavy atom. The van der Waals surface area contributed by atoms with Gasteiger partial charge >= 0.3 is 0 Å². The lowest BCUT2D eigenvalue weighted by atomic mass is 10.0. The Bertz CT molecular complexity index is 574. The zero-order valence-corrected chi connectivity index (χ0v) is 10.6. The molecule has 0 bridgehead atoms. The highest BCUT2D eigenvalue weighted by Crippen LogP contribution is 2.43. The topological polar surface area (TPSA) is 51.8 Å². The van der Waals surface area contributed by atoms with Crippen LogP contribution in [-0.2, 0) is 6.42 Å². The van der Waals surface area contributed by atoms with Gasteiger partial charge < -0.3 is 5.73 Å². The van der Waals surface area contributed by atoms with Crippen molar-refractivity contribution in [3.05, 3.63) is 41.6 Å². The summed E-state index contributed by atoms with van der Waals surface area (Å²) in [4.78, 5) is 8.99. The molecule has 0 spiro atoms. The number of nitrogen functional groups attached to an aromatic ring is 1. The third-order valence-electron chi connectivity index (χ3n) is 3.38. The molecule has 1 aromatic carbocycles. The summed E-state index contributed by atoms with van der Waals surface area (Å²) in [5.74, 6) is 2.02. The number of anilines is 1. The van der Waals surface area contributed by atoms with Gasteiger partial charge in [0.15, 0.2) is 5.82 Å². The average Bonchev–Trinajstić information content (AvgIpc) is 3.22. The Labute approximate surface area is 107 Å². The lowest BCUT2D eigenvalue weighted by molar-refractivity contribution is 1.00. The number of aromatic nitrogens is 2. The minimum atomic E-state index is 0.558. The maximum atomic E-state index is 5.86. The van der Waals surface area contributed by atoms with E-state index in [1.165, 1.54) is 18.4 Å². The number of nitrogens with zero attached hydrogens (tertiary/aromatic N) is 2. The number of rotatable bonds is 3. The standard InChI is InChI=1S/C15H17N3/c1-2-11-9-14(16)18-15(17-11)13-6-4-3-5-12(13)10-7-8-10/h3-6,9-10H,2,7-8H2,1H3,(H2,16,17,18). The van der Waals surface area contributed by atoms with E-state index in [9.17, 15) is 0 Å². The minimum Gasteiger partial charge on any atom is -0.384 e. The molecule has 1 aliphatic carbocycles. The molecule has 1 heterocycles. The van der Waals surface area contributed by atoms with Crippen LogP contribution >= 0.6 is 0 Å². The molecule has 2 aromatic rings. The Balaban J connectivity index is 2.11. The summed E-state index contributed by atoms with van der Waals surface area (Å²) >= 11 is 0. The molecule has 0 saturated heterocycles. The van der Waals surface area contributed by atoms with E-state index in [1.807, 2.05) is 12.1 Å². The highest BCUT2D eigenvalue weighted by molar-refractivity contribution is 5.63. The van der Waals surface area contributed by atoms with Crippen LogP contribution < -0.4 is 5.73 Å². The second kappa shape index (κ2) is 4.41. The van der Waals surface area contributed by atoms with E-state index < -0.39 is 0 Å². The average molecular weight is 239 g/mol. The van der Waals surface area contributed by atoms with Crippen LogP contribution in [0.5, 0.6) is 0 Å². The fourth-order valence-electron chi connectivity index (χ4n) is 2.27. The molecule has 1 aliphatic rings. The van der Waals surface area contributed by atoms with Crippen LogP contribution in [0.15, 0.2) is 30.3 Å². The van der Waals surface area contributed by atoms with Gasteiger partial charge in [-0.25, -0.2) is 9.97 Å². The van der Waals surface area contributed by atoms with Crippen LogP contribution in [0.4, 0.5) is 5.82 Å². The summed E-state index contributed by atoms with van der Waals surface area (Å²) in [7, 11) is 0. The van der Waals surface area contributed by atoms with Crippen LogP contribution in [0.25, 0.3) is 11.4 Å². The summed E-state index contributed by atoms with van der Waals surface area (Å²) in [6.07, 6.45) is 3.44. The molecule has 0 radical (unpaired) electrons. The van der Waals surface area contributed by atoms with Crippen molar-refractivity contribution in [1.82, 2.24) is 9.97 Å². The monoisotopic (exact) mass is 239 g/mol. The smallest absolute Gasteiger partial charge is 0.162 e. The molecule has 1 fully saturated rings. The minimum absolute atomic E-state index is 0.558. The number of benzene rings is 1. The first kappa shape index (κ1) is 11.2. The molecule has 3 rings (SSSR count). The second-order valence-electron chi connectivity index (χ2n) is 4.82. The largest absolute Gasteiger partial charge is 0.384 e. The van der Waals surface area contributed by atoms with Crippen LogP contribution in [0.2, 0.25) is 0 Å². The maximum absolute atomic E-state index is 5.86. The maximum Gasteiger partial charge on any atom is 0.162 e. The Morgan fingerprint density at radius 2 is 2.00 bits per heavy atom. The van der Waals surface area contributed by atoms with Gasteiger partial charge in [-0.2, -0.15) is 0 Å². The number of hydrogen-bond acceptors (Lipinski definition) is 3.